The zero-order valence-electron chi connectivity index (χ0n) is 9.51. The van der Waals surface area contributed by atoms with Crippen LogP contribution in [0, 0.1) is 0 Å². The number of aromatic nitrogens is 2. The Labute approximate surface area is 94.4 Å². The Kier molecular flexibility index (Phi) is 4.50. The highest BCUT2D eigenvalue weighted by Gasteiger charge is 2.12. The first-order chi connectivity index (χ1) is 7.67. The minimum atomic E-state index is -0.300. The van der Waals surface area contributed by atoms with Crippen molar-refractivity contribution in [3.63, 3.8) is 0 Å². The molecule has 0 radical (unpaired) electrons. The topological polar surface area (TPSA) is 81.3 Å². The summed E-state index contributed by atoms with van der Waals surface area (Å²) in [5, 5.41) is 0. The molecule has 0 spiro atoms. The molecule has 0 saturated carbocycles. The van der Waals surface area contributed by atoms with Crippen LogP contribution in [0.25, 0.3) is 0 Å². The van der Waals surface area contributed by atoms with E-state index in [1.165, 1.54) is 13.4 Å². The number of anilines is 2. The molecule has 6 nitrogen and oxygen atoms in total. The lowest BCUT2D eigenvalue weighted by molar-refractivity contribution is -0.138. The van der Waals surface area contributed by atoms with Gasteiger partial charge in [-0.15, -0.1) is 0 Å². The molecule has 0 amide bonds. The molecule has 0 saturated heterocycles. The summed E-state index contributed by atoms with van der Waals surface area (Å²) in [5.41, 5.74) is 5.56. The lowest BCUT2D eigenvalue weighted by Gasteiger charge is -2.21. The fourth-order valence-corrected chi connectivity index (χ4v) is 1.30. The molecule has 0 aliphatic carbocycles. The van der Waals surface area contributed by atoms with Crippen molar-refractivity contribution in [2.45, 2.75) is 13.3 Å². The van der Waals surface area contributed by atoms with Crippen LogP contribution in [0.2, 0.25) is 0 Å². The molecule has 88 valence electrons. The summed E-state index contributed by atoms with van der Waals surface area (Å²) in [6.45, 7) is 2.90. The molecule has 1 rings (SSSR count). The van der Waals surface area contributed by atoms with Crippen molar-refractivity contribution in [2.24, 2.45) is 0 Å². The van der Waals surface area contributed by atoms with E-state index in [2.05, 4.69) is 14.7 Å². The average molecular weight is 224 g/mol. The number of carbonyl (C=O) groups is 1. The first kappa shape index (κ1) is 12.2. The number of hydrogen-bond donors (Lipinski definition) is 1. The maximum Gasteiger partial charge on any atom is 0.325 e. The number of carbonyl (C=O) groups excluding carboxylic acids is 1. The van der Waals surface area contributed by atoms with Crippen molar-refractivity contribution in [2.75, 3.05) is 30.8 Å². The second kappa shape index (κ2) is 5.89. The van der Waals surface area contributed by atoms with Gasteiger partial charge in [0, 0.05) is 12.6 Å². The Balaban J connectivity index is 2.80. The molecule has 0 aliphatic rings. The predicted molar refractivity (Wildman–Crippen MR) is 61.0 cm³/mol. The van der Waals surface area contributed by atoms with Crippen molar-refractivity contribution in [3.05, 3.63) is 12.4 Å². The van der Waals surface area contributed by atoms with E-state index in [-0.39, 0.29) is 12.5 Å². The van der Waals surface area contributed by atoms with Gasteiger partial charge in [0.2, 0.25) is 0 Å². The minimum absolute atomic E-state index is 0.167. The Hall–Kier alpha value is -1.85. The fraction of sp³-hybridized carbons (Fsp3) is 0.500. The number of esters is 1. The molecule has 0 atom stereocenters. The monoisotopic (exact) mass is 224 g/mol. The summed E-state index contributed by atoms with van der Waals surface area (Å²) < 4.78 is 4.62. The van der Waals surface area contributed by atoms with E-state index in [0.717, 1.165) is 6.42 Å². The fourth-order valence-electron chi connectivity index (χ4n) is 1.30. The third-order valence-corrected chi connectivity index (χ3v) is 2.04. The molecule has 16 heavy (non-hydrogen) atoms. The highest BCUT2D eigenvalue weighted by molar-refractivity contribution is 5.75. The summed E-state index contributed by atoms with van der Waals surface area (Å²) in [5.74, 6) is 0.723. The molecule has 0 bridgehead atoms. The molecule has 1 aromatic rings. The summed E-state index contributed by atoms with van der Waals surface area (Å²) in [7, 11) is 1.36. The van der Waals surface area contributed by atoms with E-state index in [4.69, 9.17) is 5.73 Å². The molecule has 0 fully saturated rings. The van der Waals surface area contributed by atoms with Gasteiger partial charge in [0.05, 0.1) is 7.11 Å². The van der Waals surface area contributed by atoms with Crippen molar-refractivity contribution in [1.82, 2.24) is 9.97 Å². The van der Waals surface area contributed by atoms with Gasteiger partial charge < -0.3 is 15.4 Å². The van der Waals surface area contributed by atoms with Gasteiger partial charge in [-0.25, -0.2) is 9.97 Å². The Morgan fingerprint density at radius 2 is 2.31 bits per heavy atom. The van der Waals surface area contributed by atoms with Gasteiger partial charge in [-0.05, 0) is 6.42 Å². The first-order valence-electron chi connectivity index (χ1n) is 5.06. The lowest BCUT2D eigenvalue weighted by atomic mass is 10.3. The van der Waals surface area contributed by atoms with Crippen molar-refractivity contribution < 1.29 is 9.53 Å². The van der Waals surface area contributed by atoms with Crippen molar-refractivity contribution >= 4 is 17.6 Å². The molecule has 0 aromatic carbocycles. The Morgan fingerprint density at radius 3 is 2.88 bits per heavy atom. The first-order valence-corrected chi connectivity index (χ1v) is 5.06. The number of methoxy groups -OCH3 is 1. The predicted octanol–water partition coefficient (Wildman–Crippen LogP) is 0.448. The van der Waals surface area contributed by atoms with Crippen LogP contribution in [-0.4, -0.2) is 36.1 Å². The van der Waals surface area contributed by atoms with E-state index in [0.29, 0.717) is 18.2 Å². The summed E-state index contributed by atoms with van der Waals surface area (Å²) in [4.78, 5) is 20.9. The van der Waals surface area contributed by atoms with Gasteiger partial charge in [-0.2, -0.15) is 0 Å². The summed E-state index contributed by atoms with van der Waals surface area (Å²) >= 11 is 0. The lowest BCUT2D eigenvalue weighted by Crippen LogP contribution is -2.32. The highest BCUT2D eigenvalue weighted by atomic mass is 16.5. The number of rotatable bonds is 5. The zero-order valence-corrected chi connectivity index (χ0v) is 9.51. The van der Waals surface area contributed by atoms with Gasteiger partial charge in [0.1, 0.15) is 24.5 Å². The van der Waals surface area contributed by atoms with Gasteiger partial charge in [0.25, 0.3) is 0 Å². The number of nitrogen functional groups attached to an aromatic ring is 1. The molecular formula is C10H16N4O2. The molecule has 1 heterocycles. The van der Waals surface area contributed by atoms with Gasteiger partial charge in [-0.1, -0.05) is 6.92 Å². The van der Waals surface area contributed by atoms with E-state index < -0.39 is 0 Å². The van der Waals surface area contributed by atoms with Crippen molar-refractivity contribution in [1.29, 1.82) is 0 Å². The summed E-state index contributed by atoms with van der Waals surface area (Å²) in [6.07, 6.45) is 2.28. The van der Waals surface area contributed by atoms with Crippen LogP contribution in [0.3, 0.4) is 0 Å². The van der Waals surface area contributed by atoms with Crippen LogP contribution in [0.1, 0.15) is 13.3 Å². The molecular weight excluding hydrogens is 208 g/mol. The van der Waals surface area contributed by atoms with E-state index in [1.54, 1.807) is 6.07 Å². The number of hydrogen-bond acceptors (Lipinski definition) is 6. The molecule has 6 heteroatoms. The average Bonchev–Trinajstić information content (AvgIpc) is 2.28. The van der Waals surface area contributed by atoms with Crippen LogP contribution < -0.4 is 10.6 Å². The number of ether oxygens (including phenoxy) is 1. The quantitative estimate of drug-likeness (QED) is 0.731. The van der Waals surface area contributed by atoms with E-state index in [1.807, 2.05) is 11.8 Å². The Bertz CT molecular complexity index is 356. The van der Waals surface area contributed by atoms with Crippen LogP contribution in [-0.2, 0) is 9.53 Å². The molecule has 1 aromatic heterocycles. The molecule has 0 unspecified atom stereocenters. The van der Waals surface area contributed by atoms with E-state index in [9.17, 15) is 4.79 Å². The SMILES string of the molecule is CCCN(CC(=O)OC)c1cc(N)ncn1. The highest BCUT2D eigenvalue weighted by Crippen LogP contribution is 2.12. The second-order valence-electron chi connectivity index (χ2n) is 3.30. The zero-order chi connectivity index (χ0) is 12.0. The maximum atomic E-state index is 11.2. The van der Waals surface area contributed by atoms with Crippen LogP contribution in [0.4, 0.5) is 11.6 Å². The van der Waals surface area contributed by atoms with Crippen LogP contribution in [0.15, 0.2) is 12.4 Å². The van der Waals surface area contributed by atoms with Gasteiger partial charge >= 0.3 is 5.97 Å². The number of nitrogens with two attached hydrogens (primary N) is 1. The summed E-state index contributed by atoms with van der Waals surface area (Å²) in [6, 6.07) is 1.64. The Morgan fingerprint density at radius 1 is 1.56 bits per heavy atom. The largest absolute Gasteiger partial charge is 0.468 e. The smallest absolute Gasteiger partial charge is 0.325 e. The van der Waals surface area contributed by atoms with Gasteiger partial charge in [-0.3, -0.25) is 4.79 Å². The third-order valence-electron chi connectivity index (χ3n) is 2.04. The second-order valence-corrected chi connectivity index (χ2v) is 3.30. The molecule has 0 aliphatic heterocycles. The number of nitrogens with zero attached hydrogens (tertiary/aromatic N) is 3. The van der Waals surface area contributed by atoms with Gasteiger partial charge in [0.15, 0.2) is 0 Å². The van der Waals surface area contributed by atoms with Crippen molar-refractivity contribution in [3.8, 4) is 0 Å². The van der Waals surface area contributed by atoms with Crippen LogP contribution in [0.5, 0.6) is 0 Å². The molecule has 2 N–H and O–H groups in total. The normalized spacial score (nSPS) is 9.88. The standard InChI is InChI=1S/C10H16N4O2/c1-3-4-14(6-10(15)16-2)9-5-8(11)12-7-13-9/h5,7H,3-4,6H2,1-2H3,(H2,11,12,13). The van der Waals surface area contributed by atoms with E-state index >= 15 is 0 Å². The maximum absolute atomic E-state index is 11.2. The minimum Gasteiger partial charge on any atom is -0.468 e. The third kappa shape index (κ3) is 3.38. The van der Waals surface area contributed by atoms with Crippen LogP contribution >= 0.6 is 0 Å².